The standard InChI is InChI=1S/C27H35N3O/c31-26(12-5-7-20-17-28-24-10-2-1-9-23(20)24)30-14-6-8-19-15-21-16-22(27(19)30)18-29-13-4-3-11-25(21)29/h1-2,9-10,15,17,21-22,25,27-28H,3-8,11-14,16,18H2/t21-,22-,25+,27+/m0/s1. The van der Waals surface area contributed by atoms with Gasteiger partial charge in [-0.3, -0.25) is 9.69 Å². The quantitative estimate of drug-likeness (QED) is 0.718. The van der Waals surface area contributed by atoms with Crippen molar-refractivity contribution < 1.29 is 4.79 Å². The van der Waals surface area contributed by atoms with E-state index < -0.39 is 0 Å². The topological polar surface area (TPSA) is 39.3 Å². The summed E-state index contributed by atoms with van der Waals surface area (Å²) < 4.78 is 0. The highest BCUT2D eigenvalue weighted by Crippen LogP contribution is 2.45. The van der Waals surface area contributed by atoms with Crippen LogP contribution in [0, 0.1) is 11.8 Å². The molecule has 1 aliphatic carbocycles. The highest BCUT2D eigenvalue weighted by molar-refractivity contribution is 5.83. The Morgan fingerprint density at radius 1 is 1.13 bits per heavy atom. The van der Waals surface area contributed by atoms with E-state index in [0.29, 0.717) is 24.3 Å². The van der Waals surface area contributed by atoms with Crippen molar-refractivity contribution in [2.45, 2.75) is 69.9 Å². The zero-order valence-electron chi connectivity index (χ0n) is 18.6. The highest BCUT2D eigenvalue weighted by atomic mass is 16.2. The predicted octanol–water partition coefficient (Wildman–Crippen LogP) is 4.91. The van der Waals surface area contributed by atoms with E-state index in [1.807, 2.05) is 0 Å². The third-order valence-electron chi connectivity index (χ3n) is 8.49. The van der Waals surface area contributed by atoms with Crippen LogP contribution in [0.25, 0.3) is 10.9 Å². The minimum Gasteiger partial charge on any atom is -0.361 e. The largest absolute Gasteiger partial charge is 0.361 e. The van der Waals surface area contributed by atoms with Crippen LogP contribution >= 0.6 is 0 Å². The number of H-pyrrole nitrogens is 1. The van der Waals surface area contributed by atoms with Gasteiger partial charge in [-0.15, -0.1) is 0 Å². The van der Waals surface area contributed by atoms with Gasteiger partial charge in [0, 0.05) is 42.7 Å². The lowest BCUT2D eigenvalue weighted by Gasteiger charge is -2.54. The van der Waals surface area contributed by atoms with Gasteiger partial charge < -0.3 is 9.88 Å². The van der Waals surface area contributed by atoms with Gasteiger partial charge in [0.1, 0.15) is 0 Å². The maximum absolute atomic E-state index is 13.4. The summed E-state index contributed by atoms with van der Waals surface area (Å²) in [5.74, 6) is 1.77. The van der Waals surface area contributed by atoms with Crippen LogP contribution in [-0.4, -0.2) is 52.4 Å². The number of aryl methyl sites for hydroxylation is 1. The molecular weight excluding hydrogens is 382 g/mol. The molecule has 1 aromatic heterocycles. The van der Waals surface area contributed by atoms with Gasteiger partial charge in [0.2, 0.25) is 5.91 Å². The van der Waals surface area contributed by atoms with Crippen LogP contribution < -0.4 is 0 Å². The van der Waals surface area contributed by atoms with Crippen molar-refractivity contribution in [1.29, 1.82) is 0 Å². The summed E-state index contributed by atoms with van der Waals surface area (Å²) in [6, 6.07) is 9.63. The van der Waals surface area contributed by atoms with Gasteiger partial charge in [-0.2, -0.15) is 0 Å². The SMILES string of the molecule is O=C(CCCc1c[nH]c2ccccc12)N1CCCC2=C[C@H]3C[C@@H](CN4CCCC[C@H]34)[C@@H]21. The first-order chi connectivity index (χ1) is 15.3. The molecule has 0 saturated carbocycles. The summed E-state index contributed by atoms with van der Waals surface area (Å²) in [6.45, 7) is 3.44. The Kier molecular flexibility index (Phi) is 5.14. The number of benzene rings is 1. The van der Waals surface area contributed by atoms with Crippen LogP contribution in [0.4, 0.5) is 0 Å². The molecule has 0 radical (unpaired) electrons. The predicted molar refractivity (Wildman–Crippen MR) is 125 cm³/mol. The molecule has 3 aliphatic heterocycles. The van der Waals surface area contributed by atoms with Crippen molar-refractivity contribution in [3.63, 3.8) is 0 Å². The molecule has 1 aromatic carbocycles. The van der Waals surface area contributed by atoms with Gasteiger partial charge in [-0.25, -0.2) is 0 Å². The molecule has 4 aliphatic rings. The van der Waals surface area contributed by atoms with Gasteiger partial charge in [0.15, 0.2) is 0 Å². The number of para-hydroxylation sites is 1. The van der Waals surface area contributed by atoms with Crippen LogP contribution in [0.15, 0.2) is 42.1 Å². The van der Waals surface area contributed by atoms with Crippen LogP contribution in [0.5, 0.6) is 0 Å². The molecule has 0 unspecified atom stereocenters. The van der Waals surface area contributed by atoms with Gasteiger partial charge in [0.05, 0.1) is 6.04 Å². The van der Waals surface area contributed by atoms with E-state index in [0.717, 1.165) is 37.8 Å². The number of hydrogen-bond donors (Lipinski definition) is 1. The fourth-order valence-electron chi connectivity index (χ4n) is 7.17. The first-order valence-electron chi connectivity index (χ1n) is 12.6. The van der Waals surface area contributed by atoms with Crippen LogP contribution in [0.3, 0.4) is 0 Å². The molecule has 3 saturated heterocycles. The number of aromatic nitrogens is 1. The Morgan fingerprint density at radius 3 is 3.03 bits per heavy atom. The number of likely N-dealkylation sites (tertiary alicyclic amines) is 1. The van der Waals surface area contributed by atoms with Gasteiger partial charge >= 0.3 is 0 Å². The van der Waals surface area contributed by atoms with Gasteiger partial charge in [-0.1, -0.05) is 36.3 Å². The van der Waals surface area contributed by atoms with Crippen LogP contribution in [0.1, 0.15) is 56.9 Å². The van der Waals surface area contributed by atoms with E-state index in [1.54, 1.807) is 5.57 Å². The molecule has 3 fully saturated rings. The molecule has 164 valence electrons. The average Bonchev–Trinajstić information content (AvgIpc) is 3.22. The van der Waals surface area contributed by atoms with E-state index >= 15 is 0 Å². The molecule has 6 rings (SSSR count). The number of piperidine rings is 3. The van der Waals surface area contributed by atoms with Gasteiger partial charge in [-0.05, 0) is 75.0 Å². The molecule has 1 N–H and O–H groups in total. The number of nitrogens with one attached hydrogen (secondary N) is 1. The molecule has 0 spiro atoms. The Labute approximate surface area is 185 Å². The highest BCUT2D eigenvalue weighted by Gasteiger charge is 2.46. The first-order valence-corrected chi connectivity index (χ1v) is 12.6. The molecule has 4 nitrogen and oxygen atoms in total. The summed E-state index contributed by atoms with van der Waals surface area (Å²) in [5.41, 5.74) is 4.13. The molecule has 4 heterocycles. The Balaban J connectivity index is 1.14. The molecular formula is C27H35N3O. The number of aromatic amines is 1. The molecule has 2 bridgehead atoms. The second-order valence-corrected chi connectivity index (χ2v) is 10.3. The molecule has 31 heavy (non-hydrogen) atoms. The van der Waals surface area contributed by atoms with E-state index in [9.17, 15) is 4.79 Å². The fraction of sp³-hybridized carbons (Fsp3) is 0.593. The second-order valence-electron chi connectivity index (χ2n) is 10.3. The summed E-state index contributed by atoms with van der Waals surface area (Å²) in [5, 5.41) is 1.30. The van der Waals surface area contributed by atoms with Crippen LogP contribution in [0.2, 0.25) is 0 Å². The molecule has 4 atom stereocenters. The zero-order chi connectivity index (χ0) is 20.8. The summed E-state index contributed by atoms with van der Waals surface area (Å²) in [7, 11) is 0. The van der Waals surface area contributed by atoms with Gasteiger partial charge in [0.25, 0.3) is 0 Å². The zero-order valence-corrected chi connectivity index (χ0v) is 18.6. The summed E-state index contributed by atoms with van der Waals surface area (Å²) >= 11 is 0. The van der Waals surface area contributed by atoms with Crippen molar-refractivity contribution >= 4 is 16.8 Å². The Bertz CT molecular complexity index is 991. The summed E-state index contributed by atoms with van der Waals surface area (Å²) in [4.78, 5) is 21.8. The molecule has 2 aromatic rings. The minimum atomic E-state index is 0.383. The number of nitrogens with zero attached hydrogens (tertiary/aromatic N) is 2. The molecule has 1 amide bonds. The molecule has 4 heteroatoms. The number of rotatable bonds is 4. The number of hydrogen-bond acceptors (Lipinski definition) is 2. The fourth-order valence-corrected chi connectivity index (χ4v) is 7.17. The third-order valence-corrected chi connectivity index (χ3v) is 8.49. The van der Waals surface area contributed by atoms with E-state index in [1.165, 1.54) is 61.7 Å². The maximum Gasteiger partial charge on any atom is 0.223 e. The van der Waals surface area contributed by atoms with Crippen molar-refractivity contribution in [2.24, 2.45) is 11.8 Å². The summed E-state index contributed by atoms with van der Waals surface area (Å²) in [6.07, 6.45) is 15.1. The van der Waals surface area contributed by atoms with Crippen LogP contribution in [-0.2, 0) is 11.2 Å². The monoisotopic (exact) mass is 417 g/mol. The number of carbonyl (C=O) groups excluding carboxylic acids is 1. The van der Waals surface area contributed by atoms with E-state index in [-0.39, 0.29) is 0 Å². The lowest BCUT2D eigenvalue weighted by Crippen LogP contribution is -2.60. The maximum atomic E-state index is 13.4. The van der Waals surface area contributed by atoms with Crippen molar-refractivity contribution in [3.8, 4) is 0 Å². The lowest BCUT2D eigenvalue weighted by atomic mass is 9.68. The Hall–Kier alpha value is -2.07. The smallest absolute Gasteiger partial charge is 0.223 e. The minimum absolute atomic E-state index is 0.383. The number of carbonyl (C=O) groups is 1. The third kappa shape index (κ3) is 3.53. The average molecular weight is 418 g/mol. The number of amides is 1. The van der Waals surface area contributed by atoms with E-state index in [2.05, 4.69) is 51.3 Å². The van der Waals surface area contributed by atoms with Crippen molar-refractivity contribution in [3.05, 3.63) is 47.7 Å². The normalized spacial score (nSPS) is 30.6. The Morgan fingerprint density at radius 2 is 2.06 bits per heavy atom. The lowest BCUT2D eigenvalue weighted by molar-refractivity contribution is -0.136. The van der Waals surface area contributed by atoms with E-state index in [4.69, 9.17) is 0 Å². The second kappa shape index (κ2) is 8.12. The first kappa shape index (κ1) is 19.6. The van der Waals surface area contributed by atoms with Crippen molar-refractivity contribution in [2.75, 3.05) is 19.6 Å². The van der Waals surface area contributed by atoms with Crippen molar-refractivity contribution in [1.82, 2.24) is 14.8 Å². The number of fused-ring (bicyclic) bond motifs is 7.